The molecule has 0 saturated heterocycles. The van der Waals surface area contributed by atoms with Gasteiger partial charge in [0, 0.05) is 0 Å². The number of nitrogens with two attached hydrogens (primary N) is 1. The summed E-state index contributed by atoms with van der Waals surface area (Å²) < 4.78 is 5.35. The molecule has 1 aromatic carbocycles. The van der Waals surface area contributed by atoms with Gasteiger partial charge in [-0.2, -0.15) is 5.10 Å². The summed E-state index contributed by atoms with van der Waals surface area (Å²) in [5.41, 5.74) is 12.2. The molecule has 92 valence electrons. The third-order valence-electron chi connectivity index (χ3n) is 2.65. The first-order valence-electron chi connectivity index (χ1n) is 5.20. The van der Waals surface area contributed by atoms with E-state index in [4.69, 9.17) is 10.5 Å². The summed E-state index contributed by atoms with van der Waals surface area (Å²) in [4.78, 5) is 0. The molecule has 0 atom stereocenters. The second-order valence-corrected chi connectivity index (χ2v) is 4.24. The van der Waals surface area contributed by atoms with E-state index >= 15 is 0 Å². The Hall–Kier alpha value is -1.62. The normalized spacial score (nSPS) is 10.6. The molecule has 0 unspecified atom stereocenters. The van der Waals surface area contributed by atoms with Gasteiger partial charge in [-0.25, -0.2) is 0 Å². The Morgan fingerprint density at radius 1 is 1.41 bits per heavy atom. The van der Waals surface area contributed by atoms with Gasteiger partial charge < -0.3 is 10.5 Å². The van der Waals surface area contributed by atoms with Crippen molar-refractivity contribution in [1.29, 1.82) is 0 Å². The maximum Gasteiger partial charge on any atom is 0.184 e. The fourth-order valence-corrected chi connectivity index (χ4v) is 1.76. The zero-order chi connectivity index (χ0) is 13.0. The summed E-state index contributed by atoms with van der Waals surface area (Å²) in [6.07, 6.45) is 1.70. The van der Waals surface area contributed by atoms with E-state index in [1.807, 2.05) is 26.8 Å². The Morgan fingerprint density at radius 3 is 2.59 bits per heavy atom. The van der Waals surface area contributed by atoms with Crippen LogP contribution in [0.3, 0.4) is 0 Å². The number of thiocarbonyl (C=S) groups is 1. The average Bonchev–Trinajstić information content (AvgIpc) is 2.25. The molecule has 0 radical (unpaired) electrons. The first-order chi connectivity index (χ1) is 7.97. The third-order valence-corrected chi connectivity index (χ3v) is 2.74. The topological polar surface area (TPSA) is 59.6 Å². The van der Waals surface area contributed by atoms with E-state index in [1.165, 1.54) is 0 Å². The van der Waals surface area contributed by atoms with Crippen LogP contribution in [0.2, 0.25) is 0 Å². The number of methoxy groups -OCH3 is 1. The maximum atomic E-state index is 5.35. The molecule has 5 heteroatoms. The molecule has 0 aliphatic carbocycles. The predicted molar refractivity (Wildman–Crippen MR) is 74.7 cm³/mol. The van der Waals surface area contributed by atoms with Gasteiger partial charge in [0.25, 0.3) is 0 Å². The fourth-order valence-electron chi connectivity index (χ4n) is 1.70. The van der Waals surface area contributed by atoms with Crippen molar-refractivity contribution in [1.82, 2.24) is 5.43 Å². The molecule has 0 amide bonds. The van der Waals surface area contributed by atoms with Crippen LogP contribution in [0.1, 0.15) is 22.3 Å². The predicted octanol–water partition coefficient (Wildman–Crippen LogP) is 1.79. The van der Waals surface area contributed by atoms with Crippen molar-refractivity contribution >= 4 is 23.5 Å². The van der Waals surface area contributed by atoms with E-state index in [0.717, 1.165) is 28.0 Å². The van der Waals surface area contributed by atoms with Gasteiger partial charge in [0.1, 0.15) is 5.75 Å². The molecule has 0 heterocycles. The lowest BCUT2D eigenvalue weighted by Crippen LogP contribution is -2.24. The molecule has 0 saturated carbocycles. The molecule has 0 fully saturated rings. The zero-order valence-electron chi connectivity index (χ0n) is 10.5. The van der Waals surface area contributed by atoms with Gasteiger partial charge in [0.2, 0.25) is 0 Å². The Labute approximate surface area is 107 Å². The minimum absolute atomic E-state index is 0.154. The Kier molecular flexibility index (Phi) is 4.45. The quantitative estimate of drug-likeness (QED) is 0.488. The van der Waals surface area contributed by atoms with E-state index in [-0.39, 0.29) is 5.11 Å². The number of hydrogen-bond donors (Lipinski definition) is 2. The minimum atomic E-state index is 0.154. The molecule has 4 nitrogen and oxygen atoms in total. The fraction of sp³-hybridized carbons (Fsp3) is 0.333. The van der Waals surface area contributed by atoms with Crippen molar-refractivity contribution in [3.05, 3.63) is 28.3 Å². The number of benzene rings is 1. The van der Waals surface area contributed by atoms with Crippen LogP contribution in [0.25, 0.3) is 0 Å². The van der Waals surface area contributed by atoms with Crippen LogP contribution < -0.4 is 15.9 Å². The summed E-state index contributed by atoms with van der Waals surface area (Å²) in [6.45, 7) is 6.06. The van der Waals surface area contributed by atoms with Crippen molar-refractivity contribution in [2.75, 3.05) is 7.11 Å². The summed E-state index contributed by atoms with van der Waals surface area (Å²) >= 11 is 4.67. The molecule has 0 aliphatic rings. The van der Waals surface area contributed by atoms with Gasteiger partial charge in [-0.3, -0.25) is 5.43 Å². The number of aryl methyl sites for hydroxylation is 1. The largest absolute Gasteiger partial charge is 0.496 e. The van der Waals surface area contributed by atoms with Crippen LogP contribution in [0.15, 0.2) is 11.2 Å². The van der Waals surface area contributed by atoms with E-state index in [2.05, 4.69) is 22.7 Å². The first-order valence-corrected chi connectivity index (χ1v) is 5.61. The molecule has 17 heavy (non-hydrogen) atoms. The second-order valence-electron chi connectivity index (χ2n) is 3.80. The maximum absolute atomic E-state index is 5.35. The molecular formula is C12H17N3OS. The van der Waals surface area contributed by atoms with Gasteiger partial charge >= 0.3 is 0 Å². The number of hydrogen-bond acceptors (Lipinski definition) is 3. The van der Waals surface area contributed by atoms with Gasteiger partial charge in [-0.1, -0.05) is 0 Å². The molecule has 1 aromatic rings. The standard InChI is InChI=1S/C12H17N3OS/c1-7-5-10(6-14-15-12(13)17)8(2)9(3)11(7)16-4/h5-6H,1-4H3,(H3,13,15,17). The Morgan fingerprint density at radius 2 is 2.06 bits per heavy atom. The average molecular weight is 251 g/mol. The van der Waals surface area contributed by atoms with Crippen LogP contribution >= 0.6 is 12.2 Å². The number of hydrazone groups is 1. The Balaban J connectivity index is 3.10. The second kappa shape index (κ2) is 5.63. The van der Waals surface area contributed by atoms with Gasteiger partial charge in [0.15, 0.2) is 5.11 Å². The van der Waals surface area contributed by atoms with E-state index in [1.54, 1.807) is 13.3 Å². The molecular weight excluding hydrogens is 234 g/mol. The van der Waals surface area contributed by atoms with Crippen LogP contribution in [-0.2, 0) is 0 Å². The van der Waals surface area contributed by atoms with E-state index in [0.29, 0.717) is 0 Å². The smallest absolute Gasteiger partial charge is 0.184 e. The van der Waals surface area contributed by atoms with Crippen molar-refractivity contribution in [2.24, 2.45) is 10.8 Å². The Bertz CT molecular complexity index is 469. The van der Waals surface area contributed by atoms with Crippen LogP contribution in [0, 0.1) is 20.8 Å². The lowest BCUT2D eigenvalue weighted by molar-refractivity contribution is 0.408. The number of ether oxygens (including phenoxy) is 1. The van der Waals surface area contributed by atoms with Crippen LogP contribution in [-0.4, -0.2) is 18.4 Å². The monoisotopic (exact) mass is 251 g/mol. The SMILES string of the molecule is COc1c(C)cc(C=NNC(N)=S)c(C)c1C. The van der Waals surface area contributed by atoms with E-state index < -0.39 is 0 Å². The zero-order valence-corrected chi connectivity index (χ0v) is 11.3. The number of nitrogens with one attached hydrogen (secondary N) is 1. The van der Waals surface area contributed by atoms with Crippen molar-refractivity contribution in [3.63, 3.8) is 0 Å². The van der Waals surface area contributed by atoms with Gasteiger partial charge in [0.05, 0.1) is 13.3 Å². The highest BCUT2D eigenvalue weighted by Gasteiger charge is 2.09. The lowest BCUT2D eigenvalue weighted by atomic mass is 9.99. The highest BCUT2D eigenvalue weighted by molar-refractivity contribution is 7.80. The lowest BCUT2D eigenvalue weighted by Gasteiger charge is -2.13. The number of rotatable bonds is 3. The molecule has 1 rings (SSSR count). The summed E-state index contributed by atoms with van der Waals surface area (Å²) in [7, 11) is 1.68. The molecule has 3 N–H and O–H groups in total. The molecule has 0 aliphatic heterocycles. The van der Waals surface area contributed by atoms with Crippen LogP contribution in [0.5, 0.6) is 5.75 Å². The molecule has 0 aromatic heterocycles. The minimum Gasteiger partial charge on any atom is -0.496 e. The van der Waals surface area contributed by atoms with Crippen LogP contribution in [0.4, 0.5) is 0 Å². The molecule has 0 spiro atoms. The van der Waals surface area contributed by atoms with Crippen molar-refractivity contribution in [3.8, 4) is 5.75 Å². The van der Waals surface area contributed by atoms with Crippen molar-refractivity contribution < 1.29 is 4.74 Å². The summed E-state index contributed by atoms with van der Waals surface area (Å²) in [5.74, 6) is 0.918. The number of nitrogens with zero attached hydrogens (tertiary/aromatic N) is 1. The summed E-state index contributed by atoms with van der Waals surface area (Å²) in [5, 5.41) is 4.11. The highest BCUT2D eigenvalue weighted by Crippen LogP contribution is 2.27. The molecule has 0 bridgehead atoms. The van der Waals surface area contributed by atoms with Crippen molar-refractivity contribution in [2.45, 2.75) is 20.8 Å². The van der Waals surface area contributed by atoms with Gasteiger partial charge in [-0.05, 0) is 61.3 Å². The summed E-state index contributed by atoms with van der Waals surface area (Å²) in [6, 6.07) is 2.02. The highest BCUT2D eigenvalue weighted by atomic mass is 32.1. The third kappa shape index (κ3) is 3.17. The van der Waals surface area contributed by atoms with E-state index in [9.17, 15) is 0 Å². The van der Waals surface area contributed by atoms with Gasteiger partial charge in [-0.15, -0.1) is 0 Å². The first kappa shape index (κ1) is 13.4.